The first kappa shape index (κ1) is 29.2. The molecule has 1 unspecified atom stereocenters. The first-order valence-electron chi connectivity index (χ1n) is 12.0. The summed E-state index contributed by atoms with van der Waals surface area (Å²) in [7, 11) is 0. The molecule has 1 saturated heterocycles. The van der Waals surface area contributed by atoms with E-state index in [2.05, 4.69) is 4.98 Å². The van der Waals surface area contributed by atoms with Crippen LogP contribution in [0.5, 0.6) is 5.75 Å². The number of aromatic nitrogens is 1. The second-order valence-electron chi connectivity index (χ2n) is 10.3. The van der Waals surface area contributed by atoms with Crippen LogP contribution in [0.4, 0.5) is 22.4 Å². The van der Waals surface area contributed by atoms with Crippen LogP contribution in [-0.4, -0.2) is 69.8 Å². The lowest BCUT2D eigenvalue weighted by molar-refractivity contribution is -0.140. The van der Waals surface area contributed by atoms with E-state index in [1.54, 1.807) is 25.7 Å². The fourth-order valence-electron chi connectivity index (χ4n) is 4.20. The normalized spacial score (nSPS) is 17.7. The highest BCUT2D eigenvalue weighted by Crippen LogP contribution is 2.34. The zero-order valence-electron chi connectivity index (χ0n) is 21.8. The summed E-state index contributed by atoms with van der Waals surface area (Å²) >= 11 is 0. The van der Waals surface area contributed by atoms with Crippen LogP contribution in [0, 0.1) is 12.7 Å². The van der Waals surface area contributed by atoms with E-state index in [1.807, 2.05) is 11.8 Å². The van der Waals surface area contributed by atoms with E-state index in [-0.39, 0.29) is 29.6 Å². The van der Waals surface area contributed by atoms with E-state index in [0.717, 1.165) is 12.1 Å². The minimum atomic E-state index is -4.85. The Morgan fingerprint density at radius 2 is 1.87 bits per heavy atom. The molecule has 0 spiro atoms. The number of carboxylic acids is 1. The Kier molecular flexibility index (Phi) is 8.55. The third-order valence-electron chi connectivity index (χ3n) is 5.97. The number of hydrogen-bond donors (Lipinski definition) is 1. The molecule has 12 heteroatoms. The molecule has 8 nitrogen and oxygen atoms in total. The minimum absolute atomic E-state index is 0.164. The summed E-state index contributed by atoms with van der Waals surface area (Å²) < 4.78 is 65.3. The molecule has 1 fully saturated rings. The van der Waals surface area contributed by atoms with E-state index in [4.69, 9.17) is 9.47 Å². The zero-order chi connectivity index (χ0) is 28.4. The van der Waals surface area contributed by atoms with Crippen molar-refractivity contribution in [3.8, 4) is 5.75 Å². The van der Waals surface area contributed by atoms with Crippen molar-refractivity contribution in [2.75, 3.05) is 26.2 Å². The zero-order valence-corrected chi connectivity index (χ0v) is 21.8. The summed E-state index contributed by atoms with van der Waals surface area (Å²) in [5.41, 5.74) is -1.71. The Hall–Kier alpha value is -3.41. The van der Waals surface area contributed by atoms with Crippen LogP contribution in [0.2, 0.25) is 0 Å². The van der Waals surface area contributed by atoms with Gasteiger partial charge in [-0.2, -0.15) is 13.2 Å². The van der Waals surface area contributed by atoms with Crippen molar-refractivity contribution in [3.63, 3.8) is 0 Å². The van der Waals surface area contributed by atoms with Crippen LogP contribution >= 0.6 is 0 Å². The first-order valence-corrected chi connectivity index (χ1v) is 12.0. The minimum Gasteiger partial charge on any atom is -0.483 e. The van der Waals surface area contributed by atoms with Gasteiger partial charge in [0.05, 0.1) is 11.8 Å². The Bertz CT molecular complexity index is 1180. The molecule has 2 aromatic rings. The number of nitrogens with zero attached hydrogens (tertiary/aromatic N) is 3. The average molecular weight is 542 g/mol. The predicted octanol–water partition coefficient (Wildman–Crippen LogP) is 5.31. The van der Waals surface area contributed by atoms with Gasteiger partial charge < -0.3 is 19.5 Å². The van der Waals surface area contributed by atoms with Crippen molar-refractivity contribution in [1.82, 2.24) is 14.8 Å². The molecule has 1 aromatic carbocycles. The highest BCUT2D eigenvalue weighted by atomic mass is 19.4. The summed E-state index contributed by atoms with van der Waals surface area (Å²) in [5, 5.41) is 9.22. The lowest BCUT2D eigenvalue weighted by Gasteiger charge is -2.41. The summed E-state index contributed by atoms with van der Waals surface area (Å²) in [6.07, 6.45) is -5.00. The number of aromatic carboxylic acids is 1. The SMILES string of the molecule is Cc1cc(OC(CN2CCN(C(=O)OC(C)(C)C)[C@H](C)C2)c2ccc(C(F)(F)F)c(F)c2)cnc1C(=O)O. The maximum atomic E-state index is 14.4. The van der Waals surface area contributed by atoms with Crippen molar-refractivity contribution < 1.29 is 41.7 Å². The molecule has 1 aromatic heterocycles. The van der Waals surface area contributed by atoms with Gasteiger partial charge in [-0.15, -0.1) is 0 Å². The molecule has 1 amide bonds. The van der Waals surface area contributed by atoms with Crippen molar-refractivity contribution in [2.45, 2.75) is 58.5 Å². The standard InChI is InChI=1S/C26H31F4N3O5/c1-15-10-18(12-31-22(15)23(34)35)37-21(17-6-7-19(20(27)11-17)26(28,29)30)14-32-8-9-33(16(2)13-32)24(36)38-25(3,4)5/h6-7,10-12,16,21H,8-9,13-14H2,1-5H3,(H,34,35)/t16-,21?/m1/s1. The molecule has 1 N–H and O–H groups in total. The van der Waals surface area contributed by atoms with E-state index < -0.39 is 41.3 Å². The fourth-order valence-corrected chi connectivity index (χ4v) is 4.20. The highest BCUT2D eigenvalue weighted by molar-refractivity contribution is 5.87. The van der Waals surface area contributed by atoms with Gasteiger partial charge in [0.15, 0.2) is 5.69 Å². The lowest BCUT2D eigenvalue weighted by atomic mass is 10.0. The van der Waals surface area contributed by atoms with E-state index in [1.165, 1.54) is 19.2 Å². The van der Waals surface area contributed by atoms with Crippen molar-refractivity contribution in [2.24, 2.45) is 0 Å². The molecule has 1 aliphatic heterocycles. The summed E-state index contributed by atoms with van der Waals surface area (Å²) in [4.78, 5) is 31.3. The van der Waals surface area contributed by atoms with Gasteiger partial charge in [-0.1, -0.05) is 6.07 Å². The van der Waals surface area contributed by atoms with Gasteiger partial charge in [0.2, 0.25) is 0 Å². The first-order chi connectivity index (χ1) is 17.5. The highest BCUT2D eigenvalue weighted by Gasteiger charge is 2.35. The van der Waals surface area contributed by atoms with Gasteiger partial charge >= 0.3 is 18.2 Å². The molecule has 0 aliphatic carbocycles. The number of piperazine rings is 1. The number of halogens is 4. The van der Waals surface area contributed by atoms with Crippen molar-refractivity contribution in [1.29, 1.82) is 0 Å². The monoisotopic (exact) mass is 541 g/mol. The number of carboxylic acid groups (broad SMARTS) is 1. The van der Waals surface area contributed by atoms with Gasteiger partial charge in [-0.3, -0.25) is 4.90 Å². The van der Waals surface area contributed by atoms with Gasteiger partial charge in [0, 0.05) is 32.2 Å². The number of benzene rings is 1. The third kappa shape index (κ3) is 7.33. The van der Waals surface area contributed by atoms with E-state index in [0.29, 0.717) is 31.3 Å². The molecule has 1 aliphatic rings. The number of aryl methyl sites for hydroxylation is 1. The summed E-state index contributed by atoms with van der Waals surface area (Å²) in [5.74, 6) is -2.47. The number of hydrogen-bond acceptors (Lipinski definition) is 6. The number of rotatable bonds is 6. The molecular weight excluding hydrogens is 510 g/mol. The Labute approximate surface area is 218 Å². The van der Waals surface area contributed by atoms with Gasteiger partial charge in [-0.05, 0) is 63.9 Å². The number of pyridine rings is 1. The summed E-state index contributed by atoms with van der Waals surface area (Å²) in [6, 6.07) is 3.83. The Morgan fingerprint density at radius 1 is 1.18 bits per heavy atom. The Balaban J connectivity index is 1.84. The number of ether oxygens (including phenoxy) is 2. The van der Waals surface area contributed by atoms with E-state index >= 15 is 0 Å². The second kappa shape index (κ2) is 11.1. The molecule has 0 saturated carbocycles. The number of carbonyl (C=O) groups excluding carboxylic acids is 1. The molecule has 38 heavy (non-hydrogen) atoms. The Morgan fingerprint density at radius 3 is 2.39 bits per heavy atom. The molecular formula is C26H31F4N3O5. The number of alkyl halides is 3. The fraction of sp³-hybridized carbons (Fsp3) is 0.500. The largest absolute Gasteiger partial charge is 0.483 e. The molecule has 0 radical (unpaired) electrons. The second-order valence-corrected chi connectivity index (χ2v) is 10.3. The summed E-state index contributed by atoms with van der Waals surface area (Å²) in [6.45, 7) is 10.0. The molecule has 208 valence electrons. The topological polar surface area (TPSA) is 92.2 Å². The van der Waals surface area contributed by atoms with Gasteiger partial charge in [0.25, 0.3) is 0 Å². The van der Waals surface area contributed by atoms with Crippen LogP contribution in [-0.2, 0) is 10.9 Å². The molecule has 2 atom stereocenters. The van der Waals surface area contributed by atoms with Crippen LogP contribution in [0.3, 0.4) is 0 Å². The van der Waals surface area contributed by atoms with Crippen LogP contribution < -0.4 is 4.74 Å². The van der Waals surface area contributed by atoms with Crippen molar-refractivity contribution >= 4 is 12.1 Å². The third-order valence-corrected chi connectivity index (χ3v) is 5.97. The van der Waals surface area contributed by atoms with E-state index in [9.17, 15) is 32.3 Å². The number of amides is 1. The smallest absolute Gasteiger partial charge is 0.419 e. The predicted molar refractivity (Wildman–Crippen MR) is 130 cm³/mol. The molecule has 3 rings (SSSR count). The van der Waals surface area contributed by atoms with Crippen LogP contribution in [0.1, 0.15) is 61.0 Å². The quantitative estimate of drug-likeness (QED) is 0.496. The average Bonchev–Trinajstić information content (AvgIpc) is 2.76. The number of carbonyl (C=O) groups is 2. The maximum absolute atomic E-state index is 14.4. The van der Waals surface area contributed by atoms with Gasteiger partial charge in [-0.25, -0.2) is 19.0 Å². The molecule has 2 heterocycles. The maximum Gasteiger partial charge on any atom is 0.419 e. The van der Waals surface area contributed by atoms with Gasteiger partial charge in [0.1, 0.15) is 23.3 Å². The van der Waals surface area contributed by atoms with Crippen molar-refractivity contribution in [3.05, 3.63) is 58.7 Å². The molecule has 0 bridgehead atoms. The van der Waals surface area contributed by atoms with Crippen LogP contribution in [0.15, 0.2) is 30.5 Å². The van der Waals surface area contributed by atoms with Crippen LogP contribution in [0.25, 0.3) is 0 Å². The lowest BCUT2D eigenvalue weighted by Crippen LogP contribution is -2.55.